The third-order valence-electron chi connectivity index (χ3n) is 2.15. The maximum Gasteiger partial charge on any atom is 0.209 e. The van der Waals surface area contributed by atoms with Crippen molar-refractivity contribution in [2.24, 2.45) is 0 Å². The van der Waals surface area contributed by atoms with Crippen LogP contribution >= 0.6 is 0 Å². The molecule has 0 saturated carbocycles. The highest BCUT2D eigenvalue weighted by Gasteiger charge is 2.08. The van der Waals surface area contributed by atoms with Gasteiger partial charge in [0.2, 0.25) is 10.0 Å². The highest BCUT2D eigenvalue weighted by molar-refractivity contribution is 7.88. The van der Waals surface area contributed by atoms with Crippen LogP contribution in [0.3, 0.4) is 0 Å². The average Bonchev–Trinajstić information content (AvgIpc) is 2.75. The predicted octanol–water partition coefficient (Wildman–Crippen LogP) is 0.316. The molecule has 2 aromatic rings. The molecule has 1 heterocycles. The number of nitrogens with one attached hydrogen (secondary N) is 1. The summed E-state index contributed by atoms with van der Waals surface area (Å²) >= 11 is 0. The number of nitrogens with zero attached hydrogens (tertiary/aromatic N) is 3. The molecule has 1 N–H and O–H groups in total. The fourth-order valence-electron chi connectivity index (χ4n) is 1.38. The van der Waals surface area contributed by atoms with E-state index in [4.69, 9.17) is 0 Å². The molecule has 0 amide bonds. The number of para-hydroxylation sites is 1. The van der Waals surface area contributed by atoms with Crippen LogP contribution in [0.15, 0.2) is 36.7 Å². The van der Waals surface area contributed by atoms with E-state index in [0.717, 1.165) is 11.9 Å². The molecule has 0 radical (unpaired) electrons. The zero-order chi connectivity index (χ0) is 12.3. The third kappa shape index (κ3) is 3.11. The number of aromatic nitrogens is 3. The van der Waals surface area contributed by atoms with Gasteiger partial charge in [-0.1, -0.05) is 18.2 Å². The number of rotatable bonds is 4. The Morgan fingerprint density at radius 2 is 2.00 bits per heavy atom. The summed E-state index contributed by atoms with van der Waals surface area (Å²) in [4.78, 5) is 0. The minimum absolute atomic E-state index is 0.119. The quantitative estimate of drug-likeness (QED) is 0.850. The van der Waals surface area contributed by atoms with E-state index in [0.29, 0.717) is 5.82 Å². The predicted molar refractivity (Wildman–Crippen MR) is 63.0 cm³/mol. The van der Waals surface area contributed by atoms with Crippen molar-refractivity contribution < 1.29 is 8.42 Å². The highest BCUT2D eigenvalue weighted by atomic mass is 32.2. The monoisotopic (exact) mass is 252 g/mol. The van der Waals surface area contributed by atoms with E-state index in [1.54, 1.807) is 10.9 Å². The zero-order valence-electron chi connectivity index (χ0n) is 9.24. The first-order valence-electron chi connectivity index (χ1n) is 4.95. The first-order valence-corrected chi connectivity index (χ1v) is 6.84. The van der Waals surface area contributed by atoms with Crippen molar-refractivity contribution in [3.8, 4) is 5.69 Å². The second kappa shape index (κ2) is 4.64. The molecule has 17 heavy (non-hydrogen) atoms. The SMILES string of the molecule is CS(=O)(=O)NCc1nncn1-c1ccccc1. The minimum atomic E-state index is -3.23. The summed E-state index contributed by atoms with van der Waals surface area (Å²) in [5.41, 5.74) is 0.891. The van der Waals surface area contributed by atoms with Gasteiger partial charge in [0.1, 0.15) is 6.33 Å². The van der Waals surface area contributed by atoms with Gasteiger partial charge >= 0.3 is 0 Å². The first kappa shape index (κ1) is 11.7. The van der Waals surface area contributed by atoms with E-state index in [9.17, 15) is 8.42 Å². The van der Waals surface area contributed by atoms with Crippen LogP contribution in [-0.4, -0.2) is 29.4 Å². The lowest BCUT2D eigenvalue weighted by atomic mass is 10.3. The van der Waals surface area contributed by atoms with Gasteiger partial charge in [-0.2, -0.15) is 0 Å². The summed E-state index contributed by atoms with van der Waals surface area (Å²) in [7, 11) is -3.23. The second-order valence-electron chi connectivity index (χ2n) is 3.55. The van der Waals surface area contributed by atoms with Crippen molar-refractivity contribution in [1.29, 1.82) is 0 Å². The van der Waals surface area contributed by atoms with Gasteiger partial charge in [-0.05, 0) is 12.1 Å². The standard InChI is InChI=1S/C10H12N4O2S/c1-17(15,16)12-7-10-13-11-8-14(10)9-5-3-2-4-6-9/h2-6,8,12H,7H2,1H3. The van der Waals surface area contributed by atoms with E-state index in [-0.39, 0.29) is 6.54 Å². The molecule has 0 bridgehead atoms. The lowest BCUT2D eigenvalue weighted by Crippen LogP contribution is -2.23. The lowest BCUT2D eigenvalue weighted by Gasteiger charge is -2.06. The van der Waals surface area contributed by atoms with Crippen LogP contribution in [0, 0.1) is 0 Å². The Morgan fingerprint density at radius 3 is 2.65 bits per heavy atom. The van der Waals surface area contributed by atoms with Gasteiger partial charge in [0, 0.05) is 5.69 Å². The van der Waals surface area contributed by atoms with Gasteiger partial charge < -0.3 is 0 Å². The Morgan fingerprint density at radius 1 is 1.29 bits per heavy atom. The Labute approximate surface area is 99.4 Å². The minimum Gasteiger partial charge on any atom is -0.285 e. The van der Waals surface area contributed by atoms with E-state index in [1.807, 2.05) is 30.3 Å². The van der Waals surface area contributed by atoms with E-state index >= 15 is 0 Å². The van der Waals surface area contributed by atoms with E-state index in [1.165, 1.54) is 0 Å². The van der Waals surface area contributed by atoms with Crippen molar-refractivity contribution in [1.82, 2.24) is 19.5 Å². The summed E-state index contributed by atoms with van der Waals surface area (Å²) in [5.74, 6) is 0.543. The third-order valence-corrected chi connectivity index (χ3v) is 2.81. The number of hydrogen-bond donors (Lipinski definition) is 1. The van der Waals surface area contributed by atoms with Crippen molar-refractivity contribution >= 4 is 10.0 Å². The molecule has 6 nitrogen and oxygen atoms in total. The van der Waals surface area contributed by atoms with Crippen molar-refractivity contribution in [3.63, 3.8) is 0 Å². The summed E-state index contributed by atoms with van der Waals surface area (Å²) < 4.78 is 26.1. The van der Waals surface area contributed by atoms with Gasteiger partial charge in [0.15, 0.2) is 5.82 Å². The van der Waals surface area contributed by atoms with Gasteiger partial charge in [0.05, 0.1) is 12.8 Å². The maximum atomic E-state index is 11.0. The molecule has 0 aliphatic rings. The Kier molecular flexibility index (Phi) is 3.21. The highest BCUT2D eigenvalue weighted by Crippen LogP contribution is 2.08. The topological polar surface area (TPSA) is 76.9 Å². The summed E-state index contributed by atoms with van der Waals surface area (Å²) in [6.45, 7) is 0.119. The second-order valence-corrected chi connectivity index (χ2v) is 5.38. The fraction of sp³-hybridized carbons (Fsp3) is 0.200. The van der Waals surface area contributed by atoms with Crippen LogP contribution in [0.5, 0.6) is 0 Å². The molecule has 0 spiro atoms. The van der Waals surface area contributed by atoms with Crippen LogP contribution in [0.4, 0.5) is 0 Å². The number of benzene rings is 1. The molecule has 7 heteroatoms. The van der Waals surface area contributed by atoms with Gasteiger partial charge in [-0.25, -0.2) is 13.1 Å². The van der Waals surface area contributed by atoms with Gasteiger partial charge in [0.25, 0.3) is 0 Å². The summed E-state index contributed by atoms with van der Waals surface area (Å²) in [6, 6.07) is 9.48. The van der Waals surface area contributed by atoms with Crippen LogP contribution < -0.4 is 4.72 Å². The van der Waals surface area contributed by atoms with Crippen LogP contribution in [0.25, 0.3) is 5.69 Å². The normalized spacial score (nSPS) is 11.6. The molecular weight excluding hydrogens is 240 g/mol. The molecule has 2 rings (SSSR count). The molecule has 1 aromatic carbocycles. The van der Waals surface area contributed by atoms with Crippen LogP contribution in [0.2, 0.25) is 0 Å². The smallest absolute Gasteiger partial charge is 0.209 e. The molecule has 90 valence electrons. The summed E-state index contributed by atoms with van der Waals surface area (Å²) in [5, 5.41) is 7.66. The first-order chi connectivity index (χ1) is 8.06. The summed E-state index contributed by atoms with van der Waals surface area (Å²) in [6.07, 6.45) is 2.66. The zero-order valence-corrected chi connectivity index (χ0v) is 10.1. The Bertz CT molecular complexity index is 592. The van der Waals surface area contributed by atoms with Crippen molar-refractivity contribution in [2.75, 3.05) is 6.26 Å². The molecule has 0 aliphatic carbocycles. The molecule has 0 fully saturated rings. The Hall–Kier alpha value is -1.73. The fourth-order valence-corrected chi connectivity index (χ4v) is 1.77. The number of sulfonamides is 1. The maximum absolute atomic E-state index is 11.0. The van der Waals surface area contributed by atoms with E-state index in [2.05, 4.69) is 14.9 Å². The van der Waals surface area contributed by atoms with Crippen molar-refractivity contribution in [2.45, 2.75) is 6.54 Å². The number of hydrogen-bond acceptors (Lipinski definition) is 4. The van der Waals surface area contributed by atoms with Gasteiger partial charge in [-0.15, -0.1) is 10.2 Å². The van der Waals surface area contributed by atoms with Crippen LogP contribution in [0.1, 0.15) is 5.82 Å². The molecule has 0 aliphatic heterocycles. The van der Waals surface area contributed by atoms with E-state index < -0.39 is 10.0 Å². The molecule has 0 unspecified atom stereocenters. The molecule has 0 atom stereocenters. The largest absolute Gasteiger partial charge is 0.285 e. The van der Waals surface area contributed by atoms with Crippen molar-refractivity contribution in [3.05, 3.63) is 42.5 Å². The molecule has 1 aromatic heterocycles. The molecule has 0 saturated heterocycles. The Balaban J connectivity index is 2.24. The average molecular weight is 252 g/mol. The molecular formula is C10H12N4O2S. The van der Waals surface area contributed by atoms with Gasteiger partial charge in [-0.3, -0.25) is 4.57 Å². The lowest BCUT2D eigenvalue weighted by molar-refractivity contribution is 0.584. The van der Waals surface area contributed by atoms with Crippen LogP contribution in [-0.2, 0) is 16.6 Å².